The maximum Gasteiger partial charge on any atom is 0.139 e. The predicted molar refractivity (Wildman–Crippen MR) is 102 cm³/mol. The number of aromatic nitrogens is 2. The van der Waals surface area contributed by atoms with Gasteiger partial charge in [-0.05, 0) is 29.8 Å². The standard InChI is InChI=1S/C19H12Br2N2/c20-14-8-5-9-15(21)18(14)12-6-1-2-7-13(12)19-22-16-10-3-4-11-17(16)23-19/h1-11H,(H,22,23). The molecule has 0 aliphatic rings. The number of hydrogen-bond donors (Lipinski definition) is 1. The zero-order chi connectivity index (χ0) is 15.8. The van der Waals surface area contributed by atoms with Gasteiger partial charge >= 0.3 is 0 Å². The van der Waals surface area contributed by atoms with E-state index >= 15 is 0 Å². The van der Waals surface area contributed by atoms with Crippen molar-refractivity contribution >= 4 is 42.9 Å². The van der Waals surface area contributed by atoms with Crippen LogP contribution in [0.4, 0.5) is 0 Å². The van der Waals surface area contributed by atoms with E-state index in [0.717, 1.165) is 42.5 Å². The van der Waals surface area contributed by atoms with Gasteiger partial charge in [0, 0.05) is 20.1 Å². The predicted octanol–water partition coefficient (Wildman–Crippen LogP) is 6.42. The van der Waals surface area contributed by atoms with Gasteiger partial charge in [-0.2, -0.15) is 0 Å². The molecule has 3 aromatic carbocycles. The number of benzene rings is 3. The molecule has 0 spiro atoms. The molecule has 0 unspecified atom stereocenters. The Labute approximate surface area is 150 Å². The molecule has 4 heteroatoms. The lowest BCUT2D eigenvalue weighted by Crippen LogP contribution is -1.89. The average Bonchev–Trinajstić information content (AvgIpc) is 2.99. The van der Waals surface area contributed by atoms with Crippen molar-refractivity contribution in [3.8, 4) is 22.5 Å². The summed E-state index contributed by atoms with van der Waals surface area (Å²) in [5, 5.41) is 0. The Hall–Kier alpha value is -1.91. The number of nitrogens with one attached hydrogen (secondary N) is 1. The Morgan fingerprint density at radius 2 is 1.35 bits per heavy atom. The van der Waals surface area contributed by atoms with Crippen LogP contribution in [0.2, 0.25) is 0 Å². The first kappa shape index (κ1) is 14.7. The summed E-state index contributed by atoms with van der Waals surface area (Å²) in [5.41, 5.74) is 5.36. The molecule has 0 fully saturated rings. The second kappa shape index (κ2) is 5.95. The van der Waals surface area contributed by atoms with Crippen molar-refractivity contribution in [3.05, 3.63) is 75.7 Å². The van der Waals surface area contributed by atoms with E-state index in [4.69, 9.17) is 4.98 Å². The van der Waals surface area contributed by atoms with Crippen molar-refractivity contribution in [2.75, 3.05) is 0 Å². The number of halogens is 2. The van der Waals surface area contributed by atoms with Crippen LogP contribution in [-0.2, 0) is 0 Å². The van der Waals surface area contributed by atoms with E-state index in [0.29, 0.717) is 0 Å². The Bertz CT molecular complexity index is 952. The molecule has 23 heavy (non-hydrogen) atoms. The van der Waals surface area contributed by atoms with Crippen LogP contribution in [0.5, 0.6) is 0 Å². The van der Waals surface area contributed by atoms with E-state index in [2.05, 4.69) is 61.1 Å². The van der Waals surface area contributed by atoms with Gasteiger partial charge in [-0.1, -0.05) is 74.3 Å². The monoisotopic (exact) mass is 426 g/mol. The van der Waals surface area contributed by atoms with E-state index in [1.165, 1.54) is 0 Å². The number of imidazole rings is 1. The lowest BCUT2D eigenvalue weighted by atomic mass is 9.99. The number of fused-ring (bicyclic) bond motifs is 1. The molecule has 0 aliphatic heterocycles. The van der Waals surface area contributed by atoms with E-state index in [1.807, 2.05) is 42.5 Å². The number of H-pyrrole nitrogens is 1. The van der Waals surface area contributed by atoms with Gasteiger partial charge in [-0.15, -0.1) is 0 Å². The van der Waals surface area contributed by atoms with Crippen LogP contribution in [-0.4, -0.2) is 9.97 Å². The highest BCUT2D eigenvalue weighted by Gasteiger charge is 2.15. The number of hydrogen-bond acceptors (Lipinski definition) is 1. The van der Waals surface area contributed by atoms with Crippen molar-refractivity contribution < 1.29 is 0 Å². The Morgan fingerprint density at radius 1 is 0.696 bits per heavy atom. The summed E-state index contributed by atoms with van der Waals surface area (Å²) in [4.78, 5) is 8.16. The van der Waals surface area contributed by atoms with Crippen LogP contribution in [0.3, 0.4) is 0 Å². The average molecular weight is 428 g/mol. The van der Waals surface area contributed by atoms with Crippen LogP contribution in [0.15, 0.2) is 75.7 Å². The Balaban J connectivity index is 1.97. The van der Waals surface area contributed by atoms with Gasteiger partial charge in [0.25, 0.3) is 0 Å². The van der Waals surface area contributed by atoms with E-state index in [-0.39, 0.29) is 0 Å². The van der Waals surface area contributed by atoms with E-state index < -0.39 is 0 Å². The number of rotatable bonds is 2. The second-order valence-electron chi connectivity index (χ2n) is 5.24. The molecule has 112 valence electrons. The summed E-state index contributed by atoms with van der Waals surface area (Å²) < 4.78 is 2.10. The minimum Gasteiger partial charge on any atom is -0.338 e. The lowest BCUT2D eigenvalue weighted by molar-refractivity contribution is 1.33. The molecule has 0 atom stereocenters. The summed E-state index contributed by atoms with van der Waals surface area (Å²) >= 11 is 7.33. The smallest absolute Gasteiger partial charge is 0.139 e. The fraction of sp³-hybridized carbons (Fsp3) is 0. The molecular formula is C19H12Br2N2. The van der Waals surface area contributed by atoms with Crippen LogP contribution in [0, 0.1) is 0 Å². The molecule has 0 radical (unpaired) electrons. The van der Waals surface area contributed by atoms with Crippen LogP contribution >= 0.6 is 31.9 Å². The number of nitrogens with zero attached hydrogens (tertiary/aromatic N) is 1. The molecule has 0 amide bonds. The van der Waals surface area contributed by atoms with Crippen molar-refractivity contribution in [2.24, 2.45) is 0 Å². The van der Waals surface area contributed by atoms with Crippen LogP contribution in [0.1, 0.15) is 0 Å². The topological polar surface area (TPSA) is 28.7 Å². The van der Waals surface area contributed by atoms with Crippen LogP contribution in [0.25, 0.3) is 33.5 Å². The summed E-state index contributed by atoms with van der Waals surface area (Å²) in [5.74, 6) is 0.879. The Morgan fingerprint density at radius 3 is 2.09 bits per heavy atom. The van der Waals surface area contributed by atoms with Crippen molar-refractivity contribution in [1.29, 1.82) is 0 Å². The summed E-state index contributed by atoms with van der Waals surface area (Å²) in [6, 6.07) is 22.5. The van der Waals surface area contributed by atoms with Gasteiger partial charge in [-0.25, -0.2) is 4.98 Å². The van der Waals surface area contributed by atoms with Gasteiger partial charge in [0.2, 0.25) is 0 Å². The zero-order valence-corrected chi connectivity index (χ0v) is 15.2. The molecule has 1 N–H and O–H groups in total. The first-order valence-corrected chi connectivity index (χ1v) is 8.81. The maximum atomic E-state index is 4.74. The maximum absolute atomic E-state index is 4.74. The molecule has 1 heterocycles. The third kappa shape index (κ3) is 2.62. The third-order valence-corrected chi connectivity index (χ3v) is 5.13. The molecule has 0 bridgehead atoms. The van der Waals surface area contributed by atoms with Crippen molar-refractivity contribution in [2.45, 2.75) is 0 Å². The number of aromatic amines is 1. The largest absolute Gasteiger partial charge is 0.338 e. The van der Waals surface area contributed by atoms with Gasteiger partial charge in [0.1, 0.15) is 5.82 Å². The molecule has 4 aromatic rings. The van der Waals surface area contributed by atoms with Crippen LogP contribution < -0.4 is 0 Å². The first-order chi connectivity index (χ1) is 11.2. The molecule has 1 aromatic heterocycles. The van der Waals surface area contributed by atoms with Crippen molar-refractivity contribution in [1.82, 2.24) is 9.97 Å². The Kier molecular flexibility index (Phi) is 3.79. The normalized spacial score (nSPS) is 11.0. The summed E-state index contributed by atoms with van der Waals surface area (Å²) in [6.07, 6.45) is 0. The van der Waals surface area contributed by atoms with Gasteiger partial charge in [-0.3, -0.25) is 0 Å². The zero-order valence-electron chi connectivity index (χ0n) is 12.1. The molecule has 0 saturated carbocycles. The minimum absolute atomic E-state index is 0.879. The molecule has 0 saturated heterocycles. The van der Waals surface area contributed by atoms with Gasteiger partial charge < -0.3 is 4.98 Å². The summed E-state index contributed by atoms with van der Waals surface area (Å²) in [7, 11) is 0. The second-order valence-corrected chi connectivity index (χ2v) is 6.95. The van der Waals surface area contributed by atoms with Gasteiger partial charge in [0.05, 0.1) is 11.0 Å². The highest BCUT2D eigenvalue weighted by Crippen LogP contribution is 2.39. The first-order valence-electron chi connectivity index (χ1n) is 7.22. The quantitative estimate of drug-likeness (QED) is 0.392. The summed E-state index contributed by atoms with van der Waals surface area (Å²) in [6.45, 7) is 0. The highest BCUT2D eigenvalue weighted by molar-refractivity contribution is 9.11. The SMILES string of the molecule is Brc1cccc(Br)c1-c1ccccc1-c1nc2ccccc2[nH]1. The highest BCUT2D eigenvalue weighted by atomic mass is 79.9. The third-order valence-electron chi connectivity index (χ3n) is 3.80. The van der Waals surface area contributed by atoms with Gasteiger partial charge in [0.15, 0.2) is 0 Å². The number of para-hydroxylation sites is 2. The fourth-order valence-corrected chi connectivity index (χ4v) is 4.17. The lowest BCUT2D eigenvalue weighted by Gasteiger charge is -2.11. The van der Waals surface area contributed by atoms with E-state index in [1.54, 1.807) is 0 Å². The fourth-order valence-electron chi connectivity index (χ4n) is 2.74. The minimum atomic E-state index is 0.879. The molecule has 0 aliphatic carbocycles. The van der Waals surface area contributed by atoms with Crippen molar-refractivity contribution in [3.63, 3.8) is 0 Å². The molecule has 4 rings (SSSR count). The van der Waals surface area contributed by atoms with E-state index in [9.17, 15) is 0 Å². The molecular weight excluding hydrogens is 416 g/mol. The molecule has 2 nitrogen and oxygen atoms in total.